The Balaban J connectivity index is 2.37. The lowest BCUT2D eigenvalue weighted by molar-refractivity contribution is -0.146. The molecule has 0 aliphatic heterocycles. The third-order valence-electron chi connectivity index (χ3n) is 3.92. The molecule has 1 saturated carbocycles. The Morgan fingerprint density at radius 1 is 1.35 bits per heavy atom. The molecule has 1 rings (SSSR count). The third-order valence-corrected chi connectivity index (χ3v) is 3.92. The van der Waals surface area contributed by atoms with Crippen molar-refractivity contribution < 1.29 is 9.53 Å². The van der Waals surface area contributed by atoms with Crippen LogP contribution in [0.4, 0.5) is 0 Å². The number of hydrogen-bond acceptors (Lipinski definition) is 4. The van der Waals surface area contributed by atoms with Crippen molar-refractivity contribution in [3.63, 3.8) is 0 Å². The topological polar surface area (TPSA) is 41.6 Å². The number of esters is 1. The molecule has 0 radical (unpaired) electrons. The van der Waals surface area contributed by atoms with Crippen molar-refractivity contribution >= 4 is 5.97 Å². The van der Waals surface area contributed by atoms with Gasteiger partial charge in [-0.2, -0.15) is 0 Å². The maximum Gasteiger partial charge on any atom is 0.323 e. The van der Waals surface area contributed by atoms with Crippen molar-refractivity contribution in [1.29, 1.82) is 0 Å². The van der Waals surface area contributed by atoms with Gasteiger partial charge in [0.25, 0.3) is 0 Å². The minimum atomic E-state index is -0.142. The van der Waals surface area contributed by atoms with Crippen molar-refractivity contribution in [3.8, 4) is 0 Å². The van der Waals surface area contributed by atoms with E-state index in [1.807, 2.05) is 6.92 Å². The van der Waals surface area contributed by atoms with Crippen LogP contribution in [-0.2, 0) is 9.53 Å². The lowest BCUT2D eigenvalue weighted by atomic mass is 10.0. The highest BCUT2D eigenvalue weighted by atomic mass is 16.5. The molecule has 1 N–H and O–H groups in total. The quantitative estimate of drug-likeness (QED) is 0.626. The Labute approximate surface area is 124 Å². The summed E-state index contributed by atoms with van der Waals surface area (Å²) in [6.45, 7) is 10.0. The Bertz CT molecular complexity index is 290. The van der Waals surface area contributed by atoms with Crippen LogP contribution in [0.25, 0.3) is 0 Å². The summed E-state index contributed by atoms with van der Waals surface area (Å²) < 4.78 is 5.17. The lowest BCUT2D eigenvalue weighted by Crippen LogP contribution is -2.43. The fraction of sp³-hybridized carbons (Fsp3) is 0.938. The SMILES string of the molecule is CCOC(=O)C(CCN(C)C(C)CC(C)C)NC1CC1. The molecule has 1 aliphatic rings. The summed E-state index contributed by atoms with van der Waals surface area (Å²) in [5.74, 6) is 0.613. The summed E-state index contributed by atoms with van der Waals surface area (Å²) in [6, 6.07) is 0.942. The number of rotatable bonds is 10. The third kappa shape index (κ3) is 6.71. The van der Waals surface area contributed by atoms with Crippen LogP contribution < -0.4 is 5.32 Å². The van der Waals surface area contributed by atoms with Gasteiger partial charge in [-0.25, -0.2) is 0 Å². The first-order valence-electron chi connectivity index (χ1n) is 8.06. The predicted molar refractivity (Wildman–Crippen MR) is 82.7 cm³/mol. The standard InChI is InChI=1S/C16H32N2O2/c1-6-20-16(19)15(17-14-7-8-14)9-10-18(5)13(4)11-12(2)3/h12-15,17H,6-11H2,1-5H3. The molecular weight excluding hydrogens is 252 g/mol. The Morgan fingerprint density at radius 2 is 2.00 bits per heavy atom. The lowest BCUT2D eigenvalue weighted by Gasteiger charge is -2.27. The number of hydrogen-bond donors (Lipinski definition) is 1. The fourth-order valence-electron chi connectivity index (χ4n) is 2.46. The zero-order valence-electron chi connectivity index (χ0n) is 13.8. The molecule has 1 fully saturated rings. The Hall–Kier alpha value is -0.610. The highest BCUT2D eigenvalue weighted by Crippen LogP contribution is 2.20. The van der Waals surface area contributed by atoms with Gasteiger partial charge in [0.2, 0.25) is 0 Å². The van der Waals surface area contributed by atoms with Gasteiger partial charge in [-0.3, -0.25) is 4.79 Å². The van der Waals surface area contributed by atoms with Gasteiger partial charge in [-0.05, 0) is 52.5 Å². The van der Waals surface area contributed by atoms with E-state index in [4.69, 9.17) is 4.74 Å². The second-order valence-electron chi connectivity index (χ2n) is 6.49. The second-order valence-corrected chi connectivity index (χ2v) is 6.49. The average molecular weight is 284 g/mol. The van der Waals surface area contributed by atoms with Gasteiger partial charge in [0, 0.05) is 18.6 Å². The van der Waals surface area contributed by atoms with Gasteiger partial charge < -0.3 is 15.0 Å². The van der Waals surface area contributed by atoms with Crippen molar-refractivity contribution in [2.24, 2.45) is 5.92 Å². The van der Waals surface area contributed by atoms with E-state index >= 15 is 0 Å². The number of nitrogens with one attached hydrogen (secondary N) is 1. The molecule has 0 aromatic heterocycles. The van der Waals surface area contributed by atoms with Gasteiger partial charge in [0.1, 0.15) is 6.04 Å². The monoisotopic (exact) mass is 284 g/mol. The van der Waals surface area contributed by atoms with Crippen molar-refractivity contribution in [3.05, 3.63) is 0 Å². The normalized spacial score (nSPS) is 18.4. The van der Waals surface area contributed by atoms with E-state index in [9.17, 15) is 4.79 Å². The second kappa shape index (κ2) is 8.63. The van der Waals surface area contributed by atoms with Crippen LogP contribution >= 0.6 is 0 Å². The highest BCUT2D eigenvalue weighted by molar-refractivity contribution is 5.75. The minimum absolute atomic E-state index is 0.0932. The van der Waals surface area contributed by atoms with Crippen molar-refractivity contribution in [1.82, 2.24) is 10.2 Å². The average Bonchev–Trinajstić information content (AvgIpc) is 3.17. The van der Waals surface area contributed by atoms with Gasteiger partial charge >= 0.3 is 5.97 Å². The number of ether oxygens (including phenoxy) is 1. The predicted octanol–water partition coefficient (Wildman–Crippen LogP) is 2.43. The summed E-state index contributed by atoms with van der Waals surface area (Å²) in [7, 11) is 2.15. The zero-order valence-corrected chi connectivity index (χ0v) is 13.8. The molecular formula is C16H32N2O2. The molecule has 20 heavy (non-hydrogen) atoms. The summed E-state index contributed by atoms with van der Waals surface area (Å²) >= 11 is 0. The molecule has 0 amide bonds. The maximum absolute atomic E-state index is 12.0. The van der Waals surface area contributed by atoms with Crippen LogP contribution in [0.2, 0.25) is 0 Å². The number of carbonyl (C=O) groups excluding carboxylic acids is 1. The largest absolute Gasteiger partial charge is 0.465 e. The first-order chi connectivity index (χ1) is 9.43. The summed E-state index contributed by atoms with van der Waals surface area (Å²) in [5, 5.41) is 3.41. The Kier molecular flexibility index (Phi) is 7.52. The molecule has 0 spiro atoms. The van der Waals surface area contributed by atoms with E-state index in [-0.39, 0.29) is 12.0 Å². The van der Waals surface area contributed by atoms with Crippen LogP contribution in [0.5, 0.6) is 0 Å². The highest BCUT2D eigenvalue weighted by Gasteiger charge is 2.29. The molecule has 0 aromatic rings. The van der Waals surface area contributed by atoms with Gasteiger partial charge in [-0.15, -0.1) is 0 Å². The van der Waals surface area contributed by atoms with Gasteiger partial charge in [0.05, 0.1) is 6.61 Å². The van der Waals surface area contributed by atoms with Gasteiger partial charge in [0.15, 0.2) is 0 Å². The molecule has 1 aliphatic carbocycles. The van der Waals surface area contributed by atoms with Crippen LogP contribution in [0, 0.1) is 5.92 Å². The van der Waals surface area contributed by atoms with E-state index in [0.29, 0.717) is 24.6 Å². The smallest absolute Gasteiger partial charge is 0.323 e. The van der Waals surface area contributed by atoms with Crippen molar-refractivity contribution in [2.45, 2.75) is 71.5 Å². The summed E-state index contributed by atoms with van der Waals surface area (Å²) in [5.41, 5.74) is 0. The van der Waals surface area contributed by atoms with E-state index in [1.165, 1.54) is 19.3 Å². The summed E-state index contributed by atoms with van der Waals surface area (Å²) in [4.78, 5) is 14.3. The van der Waals surface area contributed by atoms with Crippen molar-refractivity contribution in [2.75, 3.05) is 20.2 Å². The number of carbonyl (C=O) groups is 1. The first kappa shape index (κ1) is 17.4. The molecule has 4 nitrogen and oxygen atoms in total. The molecule has 0 aromatic carbocycles. The molecule has 4 heteroatoms. The summed E-state index contributed by atoms with van der Waals surface area (Å²) in [6.07, 6.45) is 4.40. The fourth-order valence-corrected chi connectivity index (χ4v) is 2.46. The Morgan fingerprint density at radius 3 is 2.50 bits per heavy atom. The minimum Gasteiger partial charge on any atom is -0.465 e. The van der Waals surface area contributed by atoms with Gasteiger partial charge in [-0.1, -0.05) is 13.8 Å². The van der Waals surface area contributed by atoms with Crippen LogP contribution in [0.3, 0.4) is 0 Å². The zero-order chi connectivity index (χ0) is 15.1. The molecule has 0 saturated heterocycles. The molecule has 0 bridgehead atoms. The molecule has 0 heterocycles. The first-order valence-corrected chi connectivity index (χ1v) is 8.06. The van der Waals surface area contributed by atoms with E-state index in [1.54, 1.807) is 0 Å². The van der Waals surface area contributed by atoms with E-state index in [2.05, 4.69) is 38.0 Å². The molecule has 2 atom stereocenters. The number of nitrogens with zero attached hydrogens (tertiary/aromatic N) is 1. The molecule has 2 unspecified atom stereocenters. The van der Waals surface area contributed by atoms with E-state index < -0.39 is 0 Å². The molecule has 118 valence electrons. The van der Waals surface area contributed by atoms with Crippen LogP contribution in [0.1, 0.15) is 53.4 Å². The maximum atomic E-state index is 12.0. The van der Waals surface area contributed by atoms with E-state index in [0.717, 1.165) is 13.0 Å². The van der Waals surface area contributed by atoms with Crippen LogP contribution in [0.15, 0.2) is 0 Å². The van der Waals surface area contributed by atoms with Crippen LogP contribution in [-0.4, -0.2) is 49.2 Å².